The summed E-state index contributed by atoms with van der Waals surface area (Å²) in [5, 5.41) is 2.64. The lowest BCUT2D eigenvalue weighted by molar-refractivity contribution is -0.137. The molecule has 1 aliphatic heterocycles. The van der Waals surface area contributed by atoms with E-state index in [9.17, 15) is 27.2 Å². The summed E-state index contributed by atoms with van der Waals surface area (Å²) < 4.78 is 53.6. The number of benzene rings is 3. The highest BCUT2D eigenvalue weighted by Gasteiger charge is 2.36. The predicted octanol–water partition coefficient (Wildman–Crippen LogP) is 5.03. The van der Waals surface area contributed by atoms with Crippen molar-refractivity contribution in [3.63, 3.8) is 0 Å². The molecule has 4 nitrogen and oxygen atoms in total. The molecule has 0 spiro atoms. The maximum atomic E-state index is 14.1. The molecule has 0 aliphatic carbocycles. The van der Waals surface area contributed by atoms with E-state index in [2.05, 4.69) is 5.32 Å². The van der Waals surface area contributed by atoms with Gasteiger partial charge in [0.25, 0.3) is 5.91 Å². The zero-order valence-corrected chi connectivity index (χ0v) is 16.0. The molecule has 1 atom stereocenters. The Morgan fingerprint density at radius 2 is 1.71 bits per heavy atom. The third-order valence-electron chi connectivity index (χ3n) is 5.02. The summed E-state index contributed by atoms with van der Waals surface area (Å²) in [6.07, 6.45) is -4.62. The van der Waals surface area contributed by atoms with Gasteiger partial charge in [0.2, 0.25) is 5.91 Å². The van der Waals surface area contributed by atoms with Gasteiger partial charge in [-0.1, -0.05) is 36.4 Å². The van der Waals surface area contributed by atoms with Crippen LogP contribution >= 0.6 is 0 Å². The molecule has 0 bridgehead atoms. The van der Waals surface area contributed by atoms with E-state index in [-0.39, 0.29) is 5.56 Å². The van der Waals surface area contributed by atoms with Gasteiger partial charge in [-0.3, -0.25) is 9.59 Å². The Balaban J connectivity index is 1.86. The van der Waals surface area contributed by atoms with Crippen LogP contribution in [0, 0.1) is 5.82 Å². The number of halogens is 4. The molecular weight excluding hydrogens is 412 g/mol. The molecule has 1 aliphatic rings. The molecule has 158 valence electrons. The monoisotopic (exact) mass is 428 g/mol. The fourth-order valence-electron chi connectivity index (χ4n) is 3.66. The third kappa shape index (κ3) is 4.14. The average molecular weight is 428 g/mol. The fraction of sp³-hybridized carbons (Fsp3) is 0.130. The average Bonchev–Trinajstić information content (AvgIpc) is 2.89. The van der Waals surface area contributed by atoms with Gasteiger partial charge in [0, 0.05) is 16.8 Å². The number of hydrogen-bond donors (Lipinski definition) is 1. The Morgan fingerprint density at radius 1 is 0.968 bits per heavy atom. The van der Waals surface area contributed by atoms with Crippen LogP contribution in [0.4, 0.5) is 23.2 Å². The standard InChI is InChI=1S/C23H16F4N2O2/c24-17-9-10-19-18(12-17)21(14-5-2-1-3-6-14)29(13-20(30)28-19)22(31)15-7-4-8-16(11-15)23(25,26)27/h1-12,21H,13H2,(H,28,30). The molecule has 0 saturated heterocycles. The first-order valence-electron chi connectivity index (χ1n) is 9.36. The van der Waals surface area contributed by atoms with E-state index in [1.165, 1.54) is 24.3 Å². The predicted molar refractivity (Wildman–Crippen MR) is 106 cm³/mol. The van der Waals surface area contributed by atoms with Crippen LogP contribution in [0.3, 0.4) is 0 Å². The van der Waals surface area contributed by atoms with E-state index in [4.69, 9.17) is 0 Å². The lowest BCUT2D eigenvalue weighted by Gasteiger charge is -2.30. The second kappa shape index (κ2) is 7.86. The number of amides is 2. The summed E-state index contributed by atoms with van der Waals surface area (Å²) >= 11 is 0. The molecule has 4 rings (SSSR count). The Kier molecular flexibility index (Phi) is 5.22. The van der Waals surface area contributed by atoms with Crippen molar-refractivity contribution in [3.05, 3.63) is 101 Å². The van der Waals surface area contributed by atoms with E-state index >= 15 is 0 Å². The summed E-state index contributed by atoms with van der Waals surface area (Å²) in [5.41, 5.74) is 0.0619. The van der Waals surface area contributed by atoms with Crippen LogP contribution in [0.2, 0.25) is 0 Å². The lowest BCUT2D eigenvalue weighted by Crippen LogP contribution is -2.39. The zero-order valence-electron chi connectivity index (χ0n) is 16.0. The first-order chi connectivity index (χ1) is 14.7. The number of nitrogens with zero attached hydrogens (tertiary/aromatic N) is 1. The molecule has 2 amide bonds. The van der Waals surface area contributed by atoms with Gasteiger partial charge in [-0.2, -0.15) is 13.2 Å². The highest BCUT2D eigenvalue weighted by molar-refractivity contribution is 6.01. The smallest absolute Gasteiger partial charge is 0.324 e. The number of anilines is 1. The Hall–Kier alpha value is -3.68. The number of fused-ring (bicyclic) bond motifs is 1. The SMILES string of the molecule is O=C1CN(C(=O)c2cccc(C(F)(F)F)c2)C(c2ccccc2)c2cc(F)ccc2N1. The summed E-state index contributed by atoms with van der Waals surface area (Å²) in [7, 11) is 0. The van der Waals surface area contributed by atoms with Gasteiger partial charge in [0.05, 0.1) is 11.6 Å². The van der Waals surface area contributed by atoms with Crippen molar-refractivity contribution >= 4 is 17.5 Å². The van der Waals surface area contributed by atoms with Crippen LogP contribution < -0.4 is 5.32 Å². The zero-order chi connectivity index (χ0) is 22.2. The second-order valence-electron chi connectivity index (χ2n) is 7.10. The normalized spacial score (nSPS) is 16.3. The van der Waals surface area contributed by atoms with Crippen LogP contribution in [0.1, 0.15) is 33.1 Å². The molecule has 1 unspecified atom stereocenters. The molecule has 3 aromatic rings. The van der Waals surface area contributed by atoms with Gasteiger partial charge < -0.3 is 10.2 Å². The topological polar surface area (TPSA) is 49.4 Å². The summed E-state index contributed by atoms with van der Waals surface area (Å²) in [5.74, 6) is -1.87. The molecule has 0 fully saturated rings. The summed E-state index contributed by atoms with van der Waals surface area (Å²) in [6, 6.07) is 15.6. The van der Waals surface area contributed by atoms with Crippen LogP contribution in [0.5, 0.6) is 0 Å². The molecule has 0 aromatic heterocycles. The first-order valence-corrected chi connectivity index (χ1v) is 9.36. The maximum Gasteiger partial charge on any atom is 0.416 e. The van der Waals surface area contributed by atoms with Crippen LogP contribution in [0.15, 0.2) is 72.8 Å². The van der Waals surface area contributed by atoms with E-state index in [1.54, 1.807) is 30.3 Å². The number of carbonyl (C=O) groups excluding carboxylic acids is 2. The highest BCUT2D eigenvalue weighted by Crippen LogP contribution is 2.37. The van der Waals surface area contributed by atoms with Gasteiger partial charge in [0.15, 0.2) is 0 Å². The summed E-state index contributed by atoms with van der Waals surface area (Å²) in [6.45, 7) is -0.412. The molecule has 31 heavy (non-hydrogen) atoms. The quantitative estimate of drug-likeness (QED) is 0.583. The molecule has 1 N–H and O–H groups in total. The minimum absolute atomic E-state index is 0.219. The molecule has 3 aromatic carbocycles. The minimum Gasteiger partial charge on any atom is -0.324 e. The van der Waals surface area contributed by atoms with Crippen LogP contribution in [-0.4, -0.2) is 23.3 Å². The molecule has 1 heterocycles. The number of nitrogens with one attached hydrogen (secondary N) is 1. The minimum atomic E-state index is -4.62. The van der Waals surface area contributed by atoms with Crippen LogP contribution in [0.25, 0.3) is 0 Å². The number of alkyl halides is 3. The molecule has 0 saturated carbocycles. The summed E-state index contributed by atoms with van der Waals surface area (Å²) in [4.78, 5) is 27.0. The number of carbonyl (C=O) groups is 2. The molecule has 8 heteroatoms. The van der Waals surface area contributed by atoms with Gasteiger partial charge in [-0.15, -0.1) is 0 Å². The lowest BCUT2D eigenvalue weighted by atomic mass is 9.95. The van der Waals surface area contributed by atoms with Gasteiger partial charge in [-0.05, 0) is 42.0 Å². The Labute approximate surface area is 175 Å². The van der Waals surface area contributed by atoms with Crippen molar-refractivity contribution < 1.29 is 27.2 Å². The van der Waals surface area contributed by atoms with Gasteiger partial charge >= 0.3 is 6.18 Å². The fourth-order valence-corrected chi connectivity index (χ4v) is 3.66. The van der Waals surface area contributed by atoms with Crippen molar-refractivity contribution in [3.8, 4) is 0 Å². The van der Waals surface area contributed by atoms with E-state index < -0.39 is 42.0 Å². The van der Waals surface area contributed by atoms with E-state index in [0.717, 1.165) is 23.1 Å². The van der Waals surface area contributed by atoms with Crippen molar-refractivity contribution in [2.75, 3.05) is 11.9 Å². The Bertz CT molecular complexity index is 1150. The Morgan fingerprint density at radius 3 is 2.42 bits per heavy atom. The van der Waals surface area contributed by atoms with Crippen molar-refractivity contribution in [1.29, 1.82) is 0 Å². The van der Waals surface area contributed by atoms with Crippen molar-refractivity contribution in [1.82, 2.24) is 4.90 Å². The van der Waals surface area contributed by atoms with Gasteiger partial charge in [0.1, 0.15) is 12.4 Å². The maximum absolute atomic E-state index is 14.1. The molecule has 0 radical (unpaired) electrons. The number of rotatable bonds is 2. The second-order valence-corrected chi connectivity index (χ2v) is 7.10. The largest absolute Gasteiger partial charge is 0.416 e. The van der Waals surface area contributed by atoms with Crippen LogP contribution in [-0.2, 0) is 11.0 Å². The van der Waals surface area contributed by atoms with E-state index in [1.807, 2.05) is 0 Å². The highest BCUT2D eigenvalue weighted by atomic mass is 19.4. The van der Waals surface area contributed by atoms with Crippen molar-refractivity contribution in [2.45, 2.75) is 12.2 Å². The third-order valence-corrected chi connectivity index (χ3v) is 5.02. The molecular formula is C23H16F4N2O2. The van der Waals surface area contributed by atoms with Crippen molar-refractivity contribution in [2.24, 2.45) is 0 Å². The first kappa shape index (κ1) is 20.6. The van der Waals surface area contributed by atoms with Gasteiger partial charge in [-0.25, -0.2) is 4.39 Å². The number of hydrogen-bond acceptors (Lipinski definition) is 2. The van der Waals surface area contributed by atoms with E-state index in [0.29, 0.717) is 16.8 Å².